The number of rotatable bonds is 5. The van der Waals surface area contributed by atoms with Crippen LogP contribution < -0.4 is 16.0 Å². The summed E-state index contributed by atoms with van der Waals surface area (Å²) in [6, 6.07) is 7.14. The fourth-order valence-electron chi connectivity index (χ4n) is 2.70. The predicted molar refractivity (Wildman–Crippen MR) is 92.7 cm³/mol. The fraction of sp³-hybridized carbons (Fsp3) is 0.529. The van der Waals surface area contributed by atoms with Gasteiger partial charge in [-0.25, -0.2) is 4.79 Å². The average Bonchev–Trinajstić information content (AvgIpc) is 2.56. The first-order valence-electron chi connectivity index (χ1n) is 8.30. The maximum atomic E-state index is 12.1. The van der Waals surface area contributed by atoms with E-state index in [1.807, 2.05) is 0 Å². The van der Waals surface area contributed by atoms with Crippen LogP contribution in [-0.2, 0) is 4.79 Å². The second-order valence-corrected chi connectivity index (χ2v) is 5.81. The van der Waals surface area contributed by atoms with E-state index in [2.05, 4.69) is 27.8 Å². The number of nitrogens with zero attached hydrogens (tertiary/aromatic N) is 1. The molecular formula is C17H26N4O2. The van der Waals surface area contributed by atoms with Crippen LogP contribution in [0.2, 0.25) is 0 Å². The zero-order valence-electron chi connectivity index (χ0n) is 13.9. The number of benzene rings is 1. The topological polar surface area (TPSA) is 73.5 Å². The molecule has 3 amide bonds. The van der Waals surface area contributed by atoms with Crippen molar-refractivity contribution in [2.75, 3.05) is 30.3 Å². The Morgan fingerprint density at radius 2 is 1.78 bits per heavy atom. The molecule has 1 aromatic carbocycles. The average molecular weight is 318 g/mol. The van der Waals surface area contributed by atoms with Crippen molar-refractivity contribution in [1.82, 2.24) is 10.2 Å². The highest BCUT2D eigenvalue weighted by Crippen LogP contribution is 2.14. The number of likely N-dealkylation sites (N-methyl/N-ethyl adjacent to an activating group) is 1. The third kappa shape index (κ3) is 5.56. The molecular weight excluding hydrogens is 292 g/mol. The lowest BCUT2D eigenvalue weighted by Gasteiger charge is -2.32. The number of hydrogen-bond donors (Lipinski definition) is 3. The largest absolute Gasteiger partial charge is 0.334 e. The van der Waals surface area contributed by atoms with E-state index in [0.717, 1.165) is 38.2 Å². The summed E-state index contributed by atoms with van der Waals surface area (Å²) < 4.78 is 0. The van der Waals surface area contributed by atoms with Crippen LogP contribution >= 0.6 is 0 Å². The van der Waals surface area contributed by atoms with Crippen LogP contribution in [-0.4, -0.2) is 42.5 Å². The van der Waals surface area contributed by atoms with E-state index in [1.165, 1.54) is 0 Å². The van der Waals surface area contributed by atoms with E-state index >= 15 is 0 Å². The Morgan fingerprint density at radius 1 is 1.13 bits per heavy atom. The van der Waals surface area contributed by atoms with E-state index in [9.17, 15) is 9.59 Å². The second-order valence-electron chi connectivity index (χ2n) is 5.81. The van der Waals surface area contributed by atoms with Crippen LogP contribution in [0.25, 0.3) is 0 Å². The summed E-state index contributed by atoms with van der Waals surface area (Å²) in [5, 5.41) is 8.64. The van der Waals surface area contributed by atoms with Gasteiger partial charge in [-0.15, -0.1) is 0 Å². The van der Waals surface area contributed by atoms with E-state index < -0.39 is 0 Å². The van der Waals surface area contributed by atoms with Crippen molar-refractivity contribution in [3.05, 3.63) is 24.3 Å². The van der Waals surface area contributed by atoms with Gasteiger partial charge in [-0.2, -0.15) is 0 Å². The molecule has 23 heavy (non-hydrogen) atoms. The van der Waals surface area contributed by atoms with Crippen LogP contribution in [0.5, 0.6) is 0 Å². The number of nitrogens with one attached hydrogen (secondary N) is 3. The zero-order chi connectivity index (χ0) is 16.7. The smallest absolute Gasteiger partial charge is 0.319 e. The van der Waals surface area contributed by atoms with E-state index in [0.29, 0.717) is 12.1 Å². The van der Waals surface area contributed by atoms with Crippen LogP contribution in [0.3, 0.4) is 0 Å². The summed E-state index contributed by atoms with van der Waals surface area (Å²) in [5.41, 5.74) is 1.44. The van der Waals surface area contributed by atoms with E-state index in [4.69, 9.17) is 0 Å². The first-order chi connectivity index (χ1) is 11.1. The summed E-state index contributed by atoms with van der Waals surface area (Å²) in [4.78, 5) is 25.7. The number of amides is 3. The fourth-order valence-corrected chi connectivity index (χ4v) is 2.70. The molecule has 1 saturated heterocycles. The molecule has 0 aliphatic carbocycles. The number of carbonyl (C=O) groups excluding carboxylic acids is 2. The number of urea groups is 1. The Labute approximate surface area is 137 Å². The number of hydrogen-bond acceptors (Lipinski definition) is 3. The Hall–Kier alpha value is -2.08. The minimum absolute atomic E-state index is 0.0266. The molecule has 1 fully saturated rings. The molecule has 0 spiro atoms. The van der Waals surface area contributed by atoms with Gasteiger partial charge in [0.2, 0.25) is 5.91 Å². The molecule has 1 aliphatic heterocycles. The second kappa shape index (κ2) is 8.53. The van der Waals surface area contributed by atoms with Gasteiger partial charge < -0.3 is 20.9 Å². The minimum atomic E-state index is -0.182. The molecule has 6 heteroatoms. The monoisotopic (exact) mass is 318 g/mol. The van der Waals surface area contributed by atoms with Crippen molar-refractivity contribution >= 4 is 23.3 Å². The Balaban J connectivity index is 1.81. The molecule has 2 rings (SSSR count). The summed E-state index contributed by atoms with van der Waals surface area (Å²) in [5.74, 6) is -0.0266. The molecule has 0 unspecified atom stereocenters. The van der Waals surface area contributed by atoms with Crippen LogP contribution in [0.1, 0.15) is 33.1 Å². The van der Waals surface area contributed by atoms with Crippen LogP contribution in [0.4, 0.5) is 16.2 Å². The normalized spacial score (nSPS) is 18.3. The van der Waals surface area contributed by atoms with Gasteiger partial charge in [0.15, 0.2) is 0 Å². The van der Waals surface area contributed by atoms with E-state index in [1.54, 1.807) is 31.2 Å². The maximum Gasteiger partial charge on any atom is 0.319 e. The summed E-state index contributed by atoms with van der Waals surface area (Å²) >= 11 is 0. The van der Waals surface area contributed by atoms with Gasteiger partial charge in [0.1, 0.15) is 0 Å². The number of piperidine rings is 1. The number of anilines is 2. The van der Waals surface area contributed by atoms with Crippen molar-refractivity contribution in [3.63, 3.8) is 0 Å². The summed E-state index contributed by atoms with van der Waals surface area (Å²) in [6.07, 6.45) is 2.58. The quantitative estimate of drug-likeness (QED) is 0.781. The lowest BCUT2D eigenvalue weighted by atomic mass is 10.1. The van der Waals surface area contributed by atoms with Crippen molar-refractivity contribution in [2.45, 2.75) is 39.2 Å². The zero-order valence-corrected chi connectivity index (χ0v) is 13.9. The predicted octanol–water partition coefficient (Wildman–Crippen LogP) is 2.64. The third-order valence-electron chi connectivity index (χ3n) is 4.04. The molecule has 0 aromatic heterocycles. The van der Waals surface area contributed by atoms with Gasteiger partial charge in [0, 0.05) is 30.4 Å². The summed E-state index contributed by atoms with van der Waals surface area (Å²) in [6.45, 7) is 6.99. The lowest BCUT2D eigenvalue weighted by Crippen LogP contribution is -2.48. The molecule has 6 nitrogen and oxygen atoms in total. The van der Waals surface area contributed by atoms with Crippen molar-refractivity contribution in [2.24, 2.45) is 0 Å². The number of likely N-dealkylation sites (tertiary alicyclic amines) is 1. The highest BCUT2D eigenvalue weighted by Gasteiger charge is 2.20. The first-order valence-corrected chi connectivity index (χ1v) is 8.30. The van der Waals surface area contributed by atoms with Crippen molar-refractivity contribution < 1.29 is 9.59 Å². The summed E-state index contributed by atoms with van der Waals surface area (Å²) in [7, 11) is 0. The standard InChI is InChI=1S/C17H26N4O2/c1-3-16(22)18-13-7-9-14(10-8-13)19-17(23)20-15-6-5-11-21(4-2)12-15/h7-10,15H,3-6,11-12H2,1-2H3,(H,18,22)(H2,19,20,23)/t15-/m1/s1. The molecule has 1 heterocycles. The number of carbonyl (C=O) groups is 2. The lowest BCUT2D eigenvalue weighted by molar-refractivity contribution is -0.115. The van der Waals surface area contributed by atoms with Crippen molar-refractivity contribution in [1.29, 1.82) is 0 Å². The molecule has 0 bridgehead atoms. The molecule has 126 valence electrons. The molecule has 1 aromatic rings. The van der Waals surface area contributed by atoms with Crippen molar-refractivity contribution in [3.8, 4) is 0 Å². The van der Waals surface area contributed by atoms with E-state index in [-0.39, 0.29) is 18.0 Å². The van der Waals surface area contributed by atoms with Gasteiger partial charge in [0.05, 0.1) is 0 Å². The Kier molecular flexibility index (Phi) is 6.40. The molecule has 1 aliphatic rings. The molecule has 1 atom stereocenters. The van der Waals surface area contributed by atoms with Gasteiger partial charge >= 0.3 is 6.03 Å². The third-order valence-corrected chi connectivity index (χ3v) is 4.04. The minimum Gasteiger partial charge on any atom is -0.334 e. The highest BCUT2D eigenvalue weighted by atomic mass is 16.2. The first kappa shape index (κ1) is 17.3. The van der Waals surface area contributed by atoms with Gasteiger partial charge in [0.25, 0.3) is 0 Å². The van der Waals surface area contributed by atoms with Crippen LogP contribution in [0, 0.1) is 0 Å². The van der Waals surface area contributed by atoms with Gasteiger partial charge in [-0.3, -0.25) is 4.79 Å². The Bertz CT molecular complexity index is 530. The van der Waals surface area contributed by atoms with Gasteiger partial charge in [-0.1, -0.05) is 13.8 Å². The Morgan fingerprint density at radius 3 is 2.39 bits per heavy atom. The maximum absolute atomic E-state index is 12.1. The molecule has 0 saturated carbocycles. The highest BCUT2D eigenvalue weighted by molar-refractivity contribution is 5.92. The molecule has 3 N–H and O–H groups in total. The molecule has 0 radical (unpaired) electrons. The van der Waals surface area contributed by atoms with Gasteiger partial charge in [-0.05, 0) is 50.2 Å². The van der Waals surface area contributed by atoms with Crippen LogP contribution in [0.15, 0.2) is 24.3 Å². The SMILES string of the molecule is CCC(=O)Nc1ccc(NC(=O)N[C@@H]2CCCN(CC)C2)cc1.